The van der Waals surface area contributed by atoms with Gasteiger partial charge < -0.3 is 10.5 Å². The summed E-state index contributed by atoms with van der Waals surface area (Å²) < 4.78 is 5.65. The van der Waals surface area contributed by atoms with Gasteiger partial charge in [0, 0.05) is 11.1 Å². The molecule has 3 aromatic rings. The van der Waals surface area contributed by atoms with E-state index in [9.17, 15) is 5.26 Å². The first-order valence-corrected chi connectivity index (χ1v) is 9.22. The highest BCUT2D eigenvalue weighted by Gasteiger charge is 2.37. The first kappa shape index (κ1) is 17.9. The number of H-pyrrole nitrogens is 1. The molecular formula is C23H22N4O. The number of allylic oxidation sites excluding steroid dienone is 1. The molecular weight excluding hydrogens is 348 g/mol. The summed E-state index contributed by atoms with van der Waals surface area (Å²) in [5.74, 6) is 0.240. The van der Waals surface area contributed by atoms with Crippen molar-refractivity contribution in [3.63, 3.8) is 0 Å². The molecule has 0 aliphatic carbocycles. The van der Waals surface area contributed by atoms with E-state index in [1.807, 2.05) is 30.3 Å². The summed E-state index contributed by atoms with van der Waals surface area (Å²) in [7, 11) is 0. The lowest BCUT2D eigenvalue weighted by Gasteiger charge is -2.27. The molecule has 28 heavy (non-hydrogen) atoms. The number of hydrogen-bond donors (Lipinski definition) is 2. The Bertz CT molecular complexity index is 1080. The number of rotatable bonds is 2. The second-order valence-corrected chi connectivity index (χ2v) is 7.98. The molecule has 3 N–H and O–H groups in total. The molecule has 5 nitrogen and oxygen atoms in total. The van der Waals surface area contributed by atoms with Gasteiger partial charge in [-0.1, -0.05) is 75.4 Å². The van der Waals surface area contributed by atoms with Crippen molar-refractivity contribution in [1.82, 2.24) is 10.2 Å². The predicted octanol–water partition coefficient (Wildman–Crippen LogP) is 4.59. The number of nitrogens with one attached hydrogen (secondary N) is 1. The van der Waals surface area contributed by atoms with E-state index in [0.717, 1.165) is 27.9 Å². The van der Waals surface area contributed by atoms with E-state index < -0.39 is 0 Å². The van der Waals surface area contributed by atoms with Crippen LogP contribution in [-0.4, -0.2) is 10.2 Å². The number of fused-ring (bicyclic) bond motifs is 1. The van der Waals surface area contributed by atoms with Crippen molar-refractivity contribution in [3.8, 4) is 23.1 Å². The van der Waals surface area contributed by atoms with Gasteiger partial charge in [-0.2, -0.15) is 5.26 Å². The molecule has 0 bridgehead atoms. The summed E-state index contributed by atoms with van der Waals surface area (Å²) in [6, 6.07) is 20.7. The fourth-order valence-corrected chi connectivity index (χ4v) is 3.65. The van der Waals surface area contributed by atoms with Crippen molar-refractivity contribution in [3.05, 3.63) is 82.9 Å². The second-order valence-electron chi connectivity index (χ2n) is 7.98. The maximum absolute atomic E-state index is 9.78. The summed E-state index contributed by atoms with van der Waals surface area (Å²) >= 11 is 0. The first-order valence-electron chi connectivity index (χ1n) is 9.22. The topological polar surface area (TPSA) is 87.7 Å². The molecule has 1 atom stereocenters. The standard InChI is InChI=1S/C23H22N4O/c1-23(2,3)20-19-18(17(13-24)21(25)28-22(19)27-26-20)16-11-9-15(10-12-16)14-7-5-4-6-8-14/h4-12,18H,25H2,1-3H3,(H,26,27)/t18-/m0/s1. The fraction of sp³-hybridized carbons (Fsp3) is 0.217. The van der Waals surface area contributed by atoms with Crippen LogP contribution in [0.2, 0.25) is 0 Å². The summed E-state index contributed by atoms with van der Waals surface area (Å²) in [5, 5.41) is 17.2. The van der Waals surface area contributed by atoms with Gasteiger partial charge in [0.25, 0.3) is 0 Å². The normalized spacial score (nSPS) is 16.3. The molecule has 0 radical (unpaired) electrons. The van der Waals surface area contributed by atoms with E-state index in [1.165, 1.54) is 0 Å². The van der Waals surface area contributed by atoms with Gasteiger partial charge in [0.1, 0.15) is 11.6 Å². The lowest BCUT2D eigenvalue weighted by molar-refractivity contribution is 0.378. The van der Waals surface area contributed by atoms with Crippen molar-refractivity contribution in [1.29, 1.82) is 5.26 Å². The molecule has 2 aromatic carbocycles. The van der Waals surface area contributed by atoms with E-state index in [2.05, 4.69) is 61.3 Å². The largest absolute Gasteiger partial charge is 0.420 e. The van der Waals surface area contributed by atoms with Crippen molar-refractivity contribution in [2.45, 2.75) is 32.1 Å². The van der Waals surface area contributed by atoms with Crippen LogP contribution in [0, 0.1) is 11.3 Å². The van der Waals surface area contributed by atoms with Crippen LogP contribution in [0.5, 0.6) is 5.88 Å². The maximum Gasteiger partial charge on any atom is 0.244 e. The Labute approximate surface area is 164 Å². The Morgan fingerprint density at radius 2 is 1.68 bits per heavy atom. The molecule has 0 saturated heterocycles. The molecule has 4 rings (SSSR count). The summed E-state index contributed by atoms with van der Waals surface area (Å²) in [5.41, 5.74) is 11.4. The zero-order chi connectivity index (χ0) is 19.9. The van der Waals surface area contributed by atoms with Crippen molar-refractivity contribution in [2.75, 3.05) is 0 Å². The monoisotopic (exact) mass is 370 g/mol. The third kappa shape index (κ3) is 2.93. The van der Waals surface area contributed by atoms with Crippen LogP contribution in [0.3, 0.4) is 0 Å². The molecule has 0 fully saturated rings. The Balaban J connectivity index is 1.84. The van der Waals surface area contributed by atoms with Gasteiger partial charge in [-0.3, -0.25) is 5.10 Å². The van der Waals surface area contributed by atoms with E-state index in [0.29, 0.717) is 11.5 Å². The number of aromatic nitrogens is 2. The lowest BCUT2D eigenvalue weighted by atomic mass is 9.78. The molecule has 0 spiro atoms. The zero-order valence-corrected chi connectivity index (χ0v) is 16.2. The zero-order valence-electron chi connectivity index (χ0n) is 16.2. The van der Waals surface area contributed by atoms with Crippen molar-refractivity contribution >= 4 is 0 Å². The van der Waals surface area contributed by atoms with Gasteiger partial charge in [0.15, 0.2) is 0 Å². The maximum atomic E-state index is 9.78. The Morgan fingerprint density at radius 1 is 1.04 bits per heavy atom. The Morgan fingerprint density at radius 3 is 2.29 bits per heavy atom. The van der Waals surface area contributed by atoms with Gasteiger partial charge in [-0.05, 0) is 16.7 Å². The molecule has 2 heterocycles. The predicted molar refractivity (Wildman–Crippen MR) is 108 cm³/mol. The van der Waals surface area contributed by atoms with E-state index in [1.54, 1.807) is 0 Å². The van der Waals surface area contributed by atoms with Gasteiger partial charge in [-0.25, -0.2) is 0 Å². The quantitative estimate of drug-likeness (QED) is 0.690. The summed E-state index contributed by atoms with van der Waals surface area (Å²) in [4.78, 5) is 0. The molecule has 1 aliphatic rings. The number of aromatic amines is 1. The van der Waals surface area contributed by atoms with Gasteiger partial charge >= 0.3 is 0 Å². The Kier molecular flexibility index (Phi) is 4.20. The third-order valence-corrected chi connectivity index (χ3v) is 5.04. The third-order valence-electron chi connectivity index (χ3n) is 5.04. The highest BCUT2D eigenvalue weighted by molar-refractivity contribution is 5.65. The molecule has 5 heteroatoms. The van der Waals surface area contributed by atoms with Crippen molar-refractivity contribution in [2.24, 2.45) is 5.73 Å². The smallest absolute Gasteiger partial charge is 0.244 e. The fourth-order valence-electron chi connectivity index (χ4n) is 3.65. The molecule has 1 aliphatic heterocycles. The van der Waals surface area contributed by atoms with Crippen LogP contribution >= 0.6 is 0 Å². The molecule has 140 valence electrons. The summed E-state index contributed by atoms with van der Waals surface area (Å²) in [6.07, 6.45) is 0. The average molecular weight is 370 g/mol. The van der Waals surface area contributed by atoms with Crippen molar-refractivity contribution < 1.29 is 4.74 Å². The van der Waals surface area contributed by atoms with Crippen LogP contribution < -0.4 is 10.5 Å². The second kappa shape index (κ2) is 6.58. The van der Waals surface area contributed by atoms with Crippen LogP contribution in [0.4, 0.5) is 0 Å². The molecule has 1 aromatic heterocycles. The minimum atomic E-state index is -0.313. The first-order chi connectivity index (χ1) is 13.4. The SMILES string of the molecule is CC(C)(C)c1[nH]nc2c1[C@@H](c1ccc(-c3ccccc3)cc1)C(C#N)=C(N)O2. The van der Waals surface area contributed by atoms with Crippen LogP contribution in [0.15, 0.2) is 66.1 Å². The minimum Gasteiger partial charge on any atom is -0.420 e. The van der Waals surface area contributed by atoms with Gasteiger partial charge in [0.2, 0.25) is 11.8 Å². The highest BCUT2D eigenvalue weighted by Crippen LogP contribution is 2.45. The number of nitriles is 1. The van der Waals surface area contributed by atoms with Crippen LogP contribution in [0.25, 0.3) is 11.1 Å². The van der Waals surface area contributed by atoms with Gasteiger partial charge in [-0.15, -0.1) is 5.10 Å². The van der Waals surface area contributed by atoms with E-state index in [-0.39, 0.29) is 17.2 Å². The lowest BCUT2D eigenvalue weighted by Crippen LogP contribution is -2.23. The summed E-state index contributed by atoms with van der Waals surface area (Å²) in [6.45, 7) is 6.30. The van der Waals surface area contributed by atoms with Crippen LogP contribution in [-0.2, 0) is 5.41 Å². The molecule has 0 saturated carbocycles. The minimum absolute atomic E-state index is 0.110. The van der Waals surface area contributed by atoms with Crippen LogP contribution in [0.1, 0.15) is 43.5 Å². The van der Waals surface area contributed by atoms with E-state index in [4.69, 9.17) is 10.5 Å². The highest BCUT2D eigenvalue weighted by atomic mass is 16.5. The number of benzene rings is 2. The number of ether oxygens (including phenoxy) is 1. The van der Waals surface area contributed by atoms with Gasteiger partial charge in [0.05, 0.1) is 11.5 Å². The molecule has 0 unspecified atom stereocenters. The molecule has 0 amide bonds. The Hall–Kier alpha value is -3.52. The van der Waals surface area contributed by atoms with E-state index >= 15 is 0 Å². The average Bonchev–Trinajstić information content (AvgIpc) is 3.11. The number of nitrogens with zero attached hydrogens (tertiary/aromatic N) is 2. The number of hydrogen-bond acceptors (Lipinski definition) is 4. The number of nitrogens with two attached hydrogens (primary N) is 1.